The van der Waals surface area contributed by atoms with Crippen LogP contribution >= 0.6 is 11.6 Å². The minimum absolute atomic E-state index is 0.0550. The van der Waals surface area contributed by atoms with E-state index in [0.29, 0.717) is 23.6 Å². The van der Waals surface area contributed by atoms with Crippen molar-refractivity contribution in [3.8, 4) is 0 Å². The summed E-state index contributed by atoms with van der Waals surface area (Å²) in [7, 11) is -4.16. The maximum absolute atomic E-state index is 14.6. The number of carbonyl (C=O) groups is 2. The summed E-state index contributed by atoms with van der Waals surface area (Å²) >= 11 is 6.32. The number of sulfonamides is 1. The maximum atomic E-state index is 14.6. The quantitative estimate of drug-likeness (QED) is 0.166. The van der Waals surface area contributed by atoms with Gasteiger partial charge in [-0.05, 0) is 66.8 Å². The van der Waals surface area contributed by atoms with Crippen LogP contribution in [0.15, 0.2) is 114 Å². The second kappa shape index (κ2) is 15.7. The van der Waals surface area contributed by atoms with Crippen molar-refractivity contribution in [2.45, 2.75) is 63.6 Å². The summed E-state index contributed by atoms with van der Waals surface area (Å²) in [5, 5.41) is 3.55. The topological polar surface area (TPSA) is 86.8 Å². The Morgan fingerprint density at radius 1 is 0.822 bits per heavy atom. The Balaban J connectivity index is 1.83. The lowest BCUT2D eigenvalue weighted by atomic mass is 10.0. The van der Waals surface area contributed by atoms with E-state index in [1.54, 1.807) is 48.5 Å². The normalized spacial score (nSPS) is 12.6. The number of para-hydroxylation sites is 1. The van der Waals surface area contributed by atoms with Crippen LogP contribution in [0.3, 0.4) is 0 Å². The zero-order valence-corrected chi connectivity index (χ0v) is 27.5. The predicted octanol–water partition coefficient (Wildman–Crippen LogP) is 6.65. The summed E-state index contributed by atoms with van der Waals surface area (Å²) in [6.07, 6.45) is 1.51. The number of halogens is 1. The van der Waals surface area contributed by atoms with Gasteiger partial charge in [-0.25, -0.2) is 8.42 Å². The molecule has 2 atom stereocenters. The fourth-order valence-electron chi connectivity index (χ4n) is 5.11. The summed E-state index contributed by atoms with van der Waals surface area (Å²) in [5.41, 5.74) is 2.79. The lowest BCUT2D eigenvalue weighted by Crippen LogP contribution is -2.54. The van der Waals surface area contributed by atoms with Crippen LogP contribution in [-0.4, -0.2) is 43.8 Å². The largest absolute Gasteiger partial charge is 0.352 e. The van der Waals surface area contributed by atoms with Gasteiger partial charge in [-0.15, -0.1) is 0 Å². The highest BCUT2D eigenvalue weighted by Crippen LogP contribution is 2.28. The Bertz CT molecular complexity index is 1680. The molecule has 0 aliphatic carbocycles. The molecule has 0 saturated carbocycles. The first kappa shape index (κ1) is 33.7. The molecular weight excluding hydrogens is 606 g/mol. The first-order chi connectivity index (χ1) is 21.6. The standard InChI is InChI=1S/C36H40ClN3O4S/c1-4-27(3)38-36(42)34(24-28-15-8-6-9-16-28)39(25-29-17-14-19-31(37)23-29)35(41)26-40(33-22-13-12-18-30(33)5-2)45(43,44)32-20-10-7-11-21-32/h6-23,27,34H,4-5,24-26H2,1-3H3,(H,38,42)/t27-,34+/m1/s1. The number of amides is 2. The van der Waals surface area contributed by atoms with Crippen LogP contribution in [0, 0.1) is 0 Å². The van der Waals surface area contributed by atoms with Gasteiger partial charge in [0.25, 0.3) is 10.0 Å². The number of carbonyl (C=O) groups excluding carboxylic acids is 2. The van der Waals surface area contributed by atoms with Crippen LogP contribution in [0.4, 0.5) is 5.69 Å². The molecular formula is C36H40ClN3O4S. The van der Waals surface area contributed by atoms with Crippen molar-refractivity contribution in [2.24, 2.45) is 0 Å². The molecule has 0 aromatic heterocycles. The number of nitrogens with zero attached hydrogens (tertiary/aromatic N) is 2. The summed E-state index contributed by atoms with van der Waals surface area (Å²) < 4.78 is 29.6. The van der Waals surface area contributed by atoms with Crippen molar-refractivity contribution in [1.82, 2.24) is 10.2 Å². The SMILES string of the molecule is CCc1ccccc1N(CC(=O)N(Cc1cccc(Cl)c1)[C@@H](Cc1ccccc1)C(=O)N[C@H](C)CC)S(=O)(=O)c1ccccc1. The first-order valence-corrected chi connectivity index (χ1v) is 17.0. The van der Waals surface area contributed by atoms with Gasteiger partial charge in [0, 0.05) is 24.0 Å². The third-order valence-corrected chi connectivity index (χ3v) is 9.77. The lowest BCUT2D eigenvalue weighted by molar-refractivity contribution is -0.140. The summed E-state index contributed by atoms with van der Waals surface area (Å²) in [5.74, 6) is -0.823. The van der Waals surface area contributed by atoms with Crippen LogP contribution in [-0.2, 0) is 39.0 Å². The molecule has 0 aliphatic rings. The first-order valence-electron chi connectivity index (χ1n) is 15.2. The molecule has 4 aromatic rings. The monoisotopic (exact) mass is 645 g/mol. The van der Waals surface area contributed by atoms with Crippen molar-refractivity contribution in [2.75, 3.05) is 10.8 Å². The smallest absolute Gasteiger partial charge is 0.264 e. The Hall–Kier alpha value is -4.14. The lowest BCUT2D eigenvalue weighted by Gasteiger charge is -2.34. The van der Waals surface area contributed by atoms with Gasteiger partial charge in [0.15, 0.2) is 0 Å². The molecule has 0 unspecified atom stereocenters. The van der Waals surface area contributed by atoms with Gasteiger partial charge in [-0.3, -0.25) is 13.9 Å². The molecule has 0 saturated heterocycles. The van der Waals surface area contributed by atoms with E-state index in [1.807, 2.05) is 69.3 Å². The third-order valence-electron chi connectivity index (χ3n) is 7.77. The number of hydrogen-bond acceptors (Lipinski definition) is 4. The molecule has 45 heavy (non-hydrogen) atoms. The summed E-state index contributed by atoms with van der Waals surface area (Å²) in [4.78, 5) is 30.1. The minimum Gasteiger partial charge on any atom is -0.352 e. The molecule has 236 valence electrons. The number of benzene rings is 4. The van der Waals surface area contributed by atoms with E-state index in [9.17, 15) is 18.0 Å². The molecule has 0 bridgehead atoms. The summed E-state index contributed by atoms with van der Waals surface area (Å²) in [6, 6.07) is 30.8. The van der Waals surface area contributed by atoms with Crippen molar-refractivity contribution in [1.29, 1.82) is 0 Å². The maximum Gasteiger partial charge on any atom is 0.264 e. The van der Waals surface area contributed by atoms with Gasteiger partial charge in [-0.2, -0.15) is 0 Å². The number of hydrogen-bond donors (Lipinski definition) is 1. The van der Waals surface area contributed by atoms with Gasteiger partial charge in [0.05, 0.1) is 10.6 Å². The molecule has 9 heteroatoms. The van der Waals surface area contributed by atoms with Crippen molar-refractivity contribution in [3.63, 3.8) is 0 Å². The van der Waals surface area contributed by atoms with Crippen LogP contribution in [0.2, 0.25) is 5.02 Å². The molecule has 0 heterocycles. The molecule has 7 nitrogen and oxygen atoms in total. The zero-order chi connectivity index (χ0) is 32.4. The van der Waals surface area contributed by atoms with Gasteiger partial charge < -0.3 is 10.2 Å². The van der Waals surface area contributed by atoms with Gasteiger partial charge in [-0.1, -0.05) is 104 Å². The van der Waals surface area contributed by atoms with Crippen molar-refractivity contribution >= 4 is 39.1 Å². The molecule has 0 spiro atoms. The van der Waals surface area contributed by atoms with Crippen LogP contribution < -0.4 is 9.62 Å². The highest BCUT2D eigenvalue weighted by molar-refractivity contribution is 7.92. The second-order valence-corrected chi connectivity index (χ2v) is 13.3. The molecule has 0 aliphatic heterocycles. The number of nitrogens with one attached hydrogen (secondary N) is 1. The van der Waals surface area contributed by atoms with Gasteiger partial charge in [0.1, 0.15) is 12.6 Å². The molecule has 0 fully saturated rings. The number of rotatable bonds is 14. The average Bonchev–Trinajstić information content (AvgIpc) is 3.05. The van der Waals surface area contributed by atoms with E-state index < -0.39 is 28.5 Å². The third kappa shape index (κ3) is 8.74. The zero-order valence-electron chi connectivity index (χ0n) is 25.9. The molecule has 2 amide bonds. The molecule has 1 N–H and O–H groups in total. The Kier molecular flexibility index (Phi) is 11.8. The van der Waals surface area contributed by atoms with E-state index in [4.69, 9.17) is 11.6 Å². The average molecular weight is 646 g/mol. The Morgan fingerprint density at radius 2 is 1.44 bits per heavy atom. The predicted molar refractivity (Wildman–Crippen MR) is 181 cm³/mol. The van der Waals surface area contributed by atoms with Crippen molar-refractivity contribution in [3.05, 3.63) is 131 Å². The van der Waals surface area contributed by atoms with Crippen LogP contribution in [0.5, 0.6) is 0 Å². The highest BCUT2D eigenvalue weighted by atomic mass is 35.5. The Morgan fingerprint density at radius 3 is 2.09 bits per heavy atom. The van der Waals surface area contributed by atoms with E-state index in [1.165, 1.54) is 21.3 Å². The second-order valence-electron chi connectivity index (χ2n) is 11.0. The number of aryl methyl sites for hydroxylation is 1. The van der Waals surface area contributed by atoms with Gasteiger partial charge in [0.2, 0.25) is 11.8 Å². The van der Waals surface area contributed by atoms with Gasteiger partial charge >= 0.3 is 0 Å². The fraction of sp³-hybridized carbons (Fsp3) is 0.278. The molecule has 4 aromatic carbocycles. The van der Waals surface area contributed by atoms with Crippen LogP contribution in [0.25, 0.3) is 0 Å². The fourth-order valence-corrected chi connectivity index (χ4v) is 6.80. The molecule has 0 radical (unpaired) electrons. The molecule has 4 rings (SSSR count). The van der Waals surface area contributed by atoms with E-state index in [-0.39, 0.29) is 29.8 Å². The van der Waals surface area contributed by atoms with Crippen LogP contribution in [0.1, 0.15) is 43.9 Å². The Labute approximate surface area is 271 Å². The van der Waals surface area contributed by atoms with Crippen molar-refractivity contribution < 1.29 is 18.0 Å². The number of anilines is 1. The highest BCUT2D eigenvalue weighted by Gasteiger charge is 2.35. The van der Waals surface area contributed by atoms with E-state index in [2.05, 4.69) is 5.32 Å². The summed E-state index contributed by atoms with van der Waals surface area (Å²) in [6.45, 7) is 5.38. The minimum atomic E-state index is -4.16. The van der Waals surface area contributed by atoms with E-state index >= 15 is 0 Å². The van der Waals surface area contributed by atoms with E-state index in [0.717, 1.165) is 16.7 Å².